The molecule has 146 valence electrons. The lowest BCUT2D eigenvalue weighted by molar-refractivity contribution is -0.137. The highest BCUT2D eigenvalue weighted by Crippen LogP contribution is 2.26. The minimum absolute atomic E-state index is 0.110. The van der Waals surface area contributed by atoms with E-state index in [2.05, 4.69) is 12.1 Å². The lowest BCUT2D eigenvalue weighted by atomic mass is 9.92. The van der Waals surface area contributed by atoms with E-state index in [1.54, 1.807) is 0 Å². The maximum atomic E-state index is 13.9. The zero-order valence-electron chi connectivity index (χ0n) is 15.5. The minimum Gasteiger partial charge on any atom is -0.338 e. The molecule has 6 heteroatoms. The molecule has 2 aromatic carbocycles. The molecule has 0 bridgehead atoms. The Morgan fingerprint density at radius 3 is 2.14 bits per heavy atom. The van der Waals surface area contributed by atoms with E-state index in [9.17, 15) is 18.4 Å². The van der Waals surface area contributed by atoms with E-state index in [4.69, 9.17) is 0 Å². The first-order valence-electron chi connectivity index (χ1n) is 9.63. The van der Waals surface area contributed by atoms with Crippen molar-refractivity contribution in [1.29, 1.82) is 0 Å². The normalized spacial score (nSPS) is 17.4. The minimum atomic E-state index is -0.852. The topological polar surface area (TPSA) is 40.6 Å². The van der Waals surface area contributed by atoms with Gasteiger partial charge >= 0.3 is 0 Å². The number of likely N-dealkylation sites (tertiary alicyclic amines) is 1. The second-order valence-corrected chi connectivity index (χ2v) is 7.44. The van der Waals surface area contributed by atoms with Crippen molar-refractivity contribution in [3.05, 3.63) is 70.8 Å². The monoisotopic (exact) mass is 384 g/mol. The molecule has 2 heterocycles. The number of fused-ring (bicyclic) bond motifs is 1. The predicted octanol–water partition coefficient (Wildman–Crippen LogP) is 3.40. The fraction of sp³-hybridized carbons (Fsp3) is 0.364. The fourth-order valence-corrected chi connectivity index (χ4v) is 4.13. The van der Waals surface area contributed by atoms with Crippen molar-refractivity contribution in [2.24, 2.45) is 5.92 Å². The van der Waals surface area contributed by atoms with Crippen LogP contribution in [0.3, 0.4) is 0 Å². The highest BCUT2D eigenvalue weighted by molar-refractivity contribution is 5.95. The molecule has 0 atom stereocenters. The number of carbonyl (C=O) groups excluding carboxylic acids is 2. The van der Waals surface area contributed by atoms with Gasteiger partial charge in [0.2, 0.25) is 5.91 Å². The van der Waals surface area contributed by atoms with Crippen LogP contribution in [0.2, 0.25) is 0 Å². The third kappa shape index (κ3) is 3.51. The third-order valence-electron chi connectivity index (χ3n) is 5.75. The third-order valence-corrected chi connectivity index (χ3v) is 5.75. The second-order valence-electron chi connectivity index (χ2n) is 7.44. The van der Waals surface area contributed by atoms with Gasteiger partial charge in [0.15, 0.2) is 0 Å². The number of hydrogen-bond acceptors (Lipinski definition) is 2. The van der Waals surface area contributed by atoms with Crippen LogP contribution in [0.1, 0.15) is 34.3 Å². The van der Waals surface area contributed by atoms with Gasteiger partial charge in [0.05, 0.1) is 0 Å². The summed E-state index contributed by atoms with van der Waals surface area (Å²) in [5.41, 5.74) is 1.96. The van der Waals surface area contributed by atoms with Crippen molar-refractivity contribution in [2.45, 2.75) is 25.8 Å². The number of rotatable bonds is 2. The lowest BCUT2D eigenvalue weighted by Crippen LogP contribution is -2.45. The van der Waals surface area contributed by atoms with Crippen molar-refractivity contribution in [1.82, 2.24) is 9.80 Å². The molecule has 0 saturated carbocycles. The standard InChI is InChI=1S/C22H22F2N2O2/c23-18-6-3-7-19(24)20(18)22(28)25-11-9-16(10-12-25)21(27)26-13-8-15-4-1-2-5-17(15)14-26/h1-7,16H,8-14H2. The largest absolute Gasteiger partial charge is 0.338 e. The Hall–Kier alpha value is -2.76. The molecule has 4 nitrogen and oxygen atoms in total. The first kappa shape index (κ1) is 18.6. The van der Waals surface area contributed by atoms with Crippen molar-refractivity contribution in [2.75, 3.05) is 19.6 Å². The maximum absolute atomic E-state index is 13.9. The Bertz CT molecular complexity index is 887. The number of piperidine rings is 1. The summed E-state index contributed by atoms with van der Waals surface area (Å²) in [5, 5.41) is 0. The van der Waals surface area contributed by atoms with Crippen LogP contribution in [0.5, 0.6) is 0 Å². The van der Waals surface area contributed by atoms with Gasteiger partial charge in [0, 0.05) is 32.1 Å². The molecule has 0 aromatic heterocycles. The number of amides is 2. The average molecular weight is 384 g/mol. The Morgan fingerprint density at radius 1 is 0.821 bits per heavy atom. The summed E-state index contributed by atoms with van der Waals surface area (Å²) in [4.78, 5) is 28.8. The summed E-state index contributed by atoms with van der Waals surface area (Å²) in [6.45, 7) is 1.98. The van der Waals surface area contributed by atoms with Gasteiger partial charge in [0.25, 0.3) is 5.91 Å². The molecule has 0 aliphatic carbocycles. The molecule has 0 radical (unpaired) electrons. The Morgan fingerprint density at radius 2 is 1.46 bits per heavy atom. The molecule has 2 aliphatic rings. The number of benzene rings is 2. The van der Waals surface area contributed by atoms with Crippen molar-refractivity contribution in [3.8, 4) is 0 Å². The van der Waals surface area contributed by atoms with Crippen LogP contribution >= 0.6 is 0 Å². The zero-order valence-corrected chi connectivity index (χ0v) is 15.5. The van der Waals surface area contributed by atoms with Crippen LogP contribution in [-0.4, -0.2) is 41.2 Å². The molecule has 4 rings (SSSR count). The lowest BCUT2D eigenvalue weighted by Gasteiger charge is -2.36. The van der Waals surface area contributed by atoms with Gasteiger partial charge in [-0.25, -0.2) is 8.78 Å². The van der Waals surface area contributed by atoms with Crippen molar-refractivity contribution >= 4 is 11.8 Å². The van der Waals surface area contributed by atoms with Crippen LogP contribution in [0.25, 0.3) is 0 Å². The van der Waals surface area contributed by atoms with E-state index in [1.807, 2.05) is 17.0 Å². The van der Waals surface area contributed by atoms with Crippen molar-refractivity contribution in [3.63, 3.8) is 0 Å². The van der Waals surface area contributed by atoms with Gasteiger partial charge in [-0.05, 0) is 42.5 Å². The van der Waals surface area contributed by atoms with E-state index in [0.717, 1.165) is 18.6 Å². The molecule has 2 amide bonds. The molecular weight excluding hydrogens is 362 g/mol. The van der Waals surface area contributed by atoms with Gasteiger partial charge in [-0.3, -0.25) is 9.59 Å². The molecule has 0 unspecified atom stereocenters. The molecule has 2 aliphatic heterocycles. The average Bonchev–Trinajstić information content (AvgIpc) is 2.73. The van der Waals surface area contributed by atoms with Gasteiger partial charge in [0.1, 0.15) is 17.2 Å². The van der Waals surface area contributed by atoms with E-state index in [0.29, 0.717) is 39.0 Å². The number of nitrogens with zero attached hydrogens (tertiary/aromatic N) is 2. The van der Waals surface area contributed by atoms with Crippen LogP contribution in [0, 0.1) is 17.6 Å². The summed E-state index contributed by atoms with van der Waals surface area (Å²) < 4.78 is 27.8. The highest BCUT2D eigenvalue weighted by Gasteiger charge is 2.33. The summed E-state index contributed by atoms with van der Waals surface area (Å²) in [6, 6.07) is 11.6. The number of carbonyl (C=O) groups is 2. The molecule has 1 fully saturated rings. The fourth-order valence-electron chi connectivity index (χ4n) is 4.13. The SMILES string of the molecule is O=C(c1c(F)cccc1F)N1CCC(C(=O)N2CCc3ccccc3C2)CC1. The van der Waals surface area contributed by atoms with E-state index in [-0.39, 0.29) is 11.8 Å². The summed E-state index contributed by atoms with van der Waals surface area (Å²) in [5.74, 6) is -2.39. The van der Waals surface area contributed by atoms with Crippen LogP contribution in [-0.2, 0) is 17.8 Å². The maximum Gasteiger partial charge on any atom is 0.259 e. The quantitative estimate of drug-likeness (QED) is 0.796. The van der Waals surface area contributed by atoms with E-state index in [1.165, 1.54) is 22.1 Å². The summed E-state index contributed by atoms with van der Waals surface area (Å²) in [7, 11) is 0. The number of hydrogen-bond donors (Lipinski definition) is 0. The molecule has 2 aromatic rings. The summed E-state index contributed by atoms with van der Waals surface area (Å²) in [6.07, 6.45) is 1.88. The molecule has 0 N–H and O–H groups in total. The van der Waals surface area contributed by atoms with Gasteiger partial charge < -0.3 is 9.80 Å². The Labute approximate surface area is 162 Å². The van der Waals surface area contributed by atoms with Gasteiger partial charge in [-0.2, -0.15) is 0 Å². The van der Waals surface area contributed by atoms with E-state index >= 15 is 0 Å². The Balaban J connectivity index is 1.38. The van der Waals surface area contributed by atoms with Gasteiger partial charge in [-0.15, -0.1) is 0 Å². The molecule has 1 saturated heterocycles. The molecular formula is C22H22F2N2O2. The van der Waals surface area contributed by atoms with Crippen LogP contribution in [0.15, 0.2) is 42.5 Å². The van der Waals surface area contributed by atoms with Crippen LogP contribution in [0.4, 0.5) is 8.78 Å². The zero-order chi connectivity index (χ0) is 19.7. The molecule has 0 spiro atoms. The molecule has 28 heavy (non-hydrogen) atoms. The van der Waals surface area contributed by atoms with Gasteiger partial charge in [-0.1, -0.05) is 30.3 Å². The number of halogens is 2. The first-order chi connectivity index (χ1) is 13.5. The smallest absolute Gasteiger partial charge is 0.259 e. The highest BCUT2D eigenvalue weighted by atomic mass is 19.1. The predicted molar refractivity (Wildman–Crippen MR) is 101 cm³/mol. The first-order valence-corrected chi connectivity index (χ1v) is 9.63. The summed E-state index contributed by atoms with van der Waals surface area (Å²) >= 11 is 0. The Kier molecular flexibility index (Phi) is 5.11. The van der Waals surface area contributed by atoms with Crippen LogP contribution < -0.4 is 0 Å². The van der Waals surface area contributed by atoms with Crippen molar-refractivity contribution < 1.29 is 18.4 Å². The second kappa shape index (κ2) is 7.70. The van der Waals surface area contributed by atoms with E-state index < -0.39 is 23.1 Å².